The van der Waals surface area contributed by atoms with Crippen LogP contribution in [0.15, 0.2) is 54.6 Å². The number of hydrogen-bond donors (Lipinski definition) is 5. The average Bonchev–Trinajstić information content (AvgIpc) is 3.63. The van der Waals surface area contributed by atoms with Gasteiger partial charge in [0.15, 0.2) is 12.2 Å². The van der Waals surface area contributed by atoms with Crippen molar-refractivity contribution in [3.05, 3.63) is 65.7 Å². The largest absolute Gasteiger partial charge is 0.368 e. The van der Waals surface area contributed by atoms with Crippen LogP contribution in [0, 0.1) is 0 Å². The van der Waals surface area contributed by atoms with Gasteiger partial charge < -0.3 is 26.8 Å². The molecular weight excluding hydrogens is 488 g/mol. The van der Waals surface area contributed by atoms with Crippen molar-refractivity contribution < 1.29 is 23.9 Å². The number of hydrogen-bond acceptors (Lipinski definition) is 7. The fourth-order valence-electron chi connectivity index (χ4n) is 4.52. The number of para-hydroxylation sites is 1. The van der Waals surface area contributed by atoms with Gasteiger partial charge in [0.1, 0.15) is 12.1 Å². The van der Waals surface area contributed by atoms with Gasteiger partial charge in [-0.05, 0) is 49.4 Å². The number of nitrogens with one attached hydrogen (secondary N) is 3. The minimum absolute atomic E-state index is 0.217. The fraction of sp³-hybridized carbons (Fsp3) is 0.407. The first kappa shape index (κ1) is 27.1. The van der Waals surface area contributed by atoms with Crippen molar-refractivity contribution in [3.8, 4) is 0 Å². The maximum Gasteiger partial charge on any atom is 0.261 e. The molecular formula is C27H34N6O5. The lowest BCUT2D eigenvalue weighted by molar-refractivity contribution is -0.130. The van der Waals surface area contributed by atoms with Gasteiger partial charge in [-0.25, -0.2) is 0 Å². The molecule has 0 saturated carbocycles. The summed E-state index contributed by atoms with van der Waals surface area (Å²) in [7, 11) is 0. The van der Waals surface area contributed by atoms with Crippen LogP contribution < -0.4 is 32.5 Å². The summed E-state index contributed by atoms with van der Waals surface area (Å²) in [4.78, 5) is 50.6. The van der Waals surface area contributed by atoms with E-state index in [4.69, 9.17) is 16.2 Å². The zero-order valence-electron chi connectivity index (χ0n) is 21.1. The van der Waals surface area contributed by atoms with Gasteiger partial charge in [0.2, 0.25) is 5.91 Å². The Labute approximate surface area is 221 Å². The summed E-state index contributed by atoms with van der Waals surface area (Å²) in [6.45, 7) is 1.10. The monoisotopic (exact) mass is 522 g/mol. The first-order valence-electron chi connectivity index (χ1n) is 12.8. The van der Waals surface area contributed by atoms with Crippen LogP contribution in [0.3, 0.4) is 0 Å². The molecule has 7 N–H and O–H groups in total. The highest BCUT2D eigenvalue weighted by Crippen LogP contribution is 2.26. The topological polar surface area (TPSA) is 172 Å². The van der Waals surface area contributed by atoms with E-state index < -0.39 is 42.0 Å². The molecule has 11 heteroatoms. The van der Waals surface area contributed by atoms with Crippen molar-refractivity contribution in [2.24, 2.45) is 11.5 Å². The minimum Gasteiger partial charge on any atom is -0.368 e. The summed E-state index contributed by atoms with van der Waals surface area (Å²) in [6.07, 6.45) is 0.629. The van der Waals surface area contributed by atoms with E-state index in [1.165, 1.54) is 0 Å². The van der Waals surface area contributed by atoms with Crippen LogP contribution in [0.25, 0.3) is 0 Å². The third-order valence-electron chi connectivity index (χ3n) is 6.66. The lowest BCUT2D eigenvalue weighted by Gasteiger charge is -2.25. The number of primary amides is 1. The second-order valence-electron chi connectivity index (χ2n) is 9.48. The Morgan fingerprint density at radius 2 is 1.58 bits per heavy atom. The molecule has 4 rings (SSSR count). The lowest BCUT2D eigenvalue weighted by atomic mass is 10.1. The van der Waals surface area contributed by atoms with E-state index in [2.05, 4.69) is 16.1 Å². The van der Waals surface area contributed by atoms with Crippen LogP contribution in [0.1, 0.15) is 30.4 Å². The first-order chi connectivity index (χ1) is 18.4. The maximum absolute atomic E-state index is 13.1. The Balaban J connectivity index is 1.32. The number of benzene rings is 2. The number of hydrazine groups is 1. The number of carbonyl (C=O) groups excluding carboxylic acids is 4. The van der Waals surface area contributed by atoms with Crippen molar-refractivity contribution in [3.63, 3.8) is 0 Å². The number of ether oxygens (including phenoxy) is 1. The molecule has 0 aliphatic carbocycles. The van der Waals surface area contributed by atoms with E-state index in [9.17, 15) is 19.2 Å². The highest BCUT2D eigenvalue weighted by molar-refractivity contribution is 5.98. The summed E-state index contributed by atoms with van der Waals surface area (Å²) in [5.41, 5.74) is 16.9. The summed E-state index contributed by atoms with van der Waals surface area (Å²) >= 11 is 0. The molecule has 0 radical (unpaired) electrons. The molecule has 0 bridgehead atoms. The molecule has 2 aliphatic rings. The fourth-order valence-corrected chi connectivity index (χ4v) is 4.52. The van der Waals surface area contributed by atoms with E-state index in [0.717, 1.165) is 23.2 Å². The van der Waals surface area contributed by atoms with E-state index in [1.807, 2.05) is 54.6 Å². The normalized spacial score (nSPS) is 19.1. The molecule has 1 saturated heterocycles. The second-order valence-corrected chi connectivity index (χ2v) is 9.48. The molecule has 0 spiro atoms. The number of carbonyl (C=O) groups is 4. The predicted octanol–water partition coefficient (Wildman–Crippen LogP) is -0.326. The predicted molar refractivity (Wildman–Crippen MR) is 140 cm³/mol. The maximum atomic E-state index is 13.1. The van der Waals surface area contributed by atoms with Gasteiger partial charge in [-0.15, -0.1) is 0 Å². The number of unbranched alkanes of at least 4 members (excludes halogenated alkanes) is 1. The van der Waals surface area contributed by atoms with Crippen molar-refractivity contribution in [2.75, 3.05) is 18.1 Å². The molecule has 2 unspecified atom stereocenters. The molecule has 2 heterocycles. The van der Waals surface area contributed by atoms with Gasteiger partial charge in [-0.3, -0.25) is 29.6 Å². The SMILES string of the molecule is NCCCC[C@H](NC(=O)C1OC1C(=O)N[C@@H](Cc1ccccc1)C(N)=O)C(=O)NN1CCc2ccccc21. The number of rotatable bonds is 13. The Hall–Kier alpha value is -3.96. The molecule has 11 nitrogen and oxygen atoms in total. The van der Waals surface area contributed by atoms with E-state index in [-0.39, 0.29) is 12.3 Å². The minimum atomic E-state index is -1.06. The Bertz CT molecular complexity index is 1160. The molecule has 2 aromatic carbocycles. The van der Waals surface area contributed by atoms with Gasteiger partial charge in [-0.1, -0.05) is 48.5 Å². The van der Waals surface area contributed by atoms with Crippen LogP contribution in [0.2, 0.25) is 0 Å². The highest BCUT2D eigenvalue weighted by Gasteiger charge is 2.51. The van der Waals surface area contributed by atoms with Gasteiger partial charge in [0, 0.05) is 13.0 Å². The van der Waals surface area contributed by atoms with Gasteiger partial charge in [0.05, 0.1) is 5.69 Å². The molecule has 38 heavy (non-hydrogen) atoms. The van der Waals surface area contributed by atoms with E-state index in [0.29, 0.717) is 32.4 Å². The van der Waals surface area contributed by atoms with Crippen LogP contribution in [0.5, 0.6) is 0 Å². The molecule has 0 aromatic heterocycles. The first-order valence-corrected chi connectivity index (χ1v) is 12.8. The third-order valence-corrected chi connectivity index (χ3v) is 6.66. The zero-order chi connectivity index (χ0) is 27.1. The van der Waals surface area contributed by atoms with Gasteiger partial charge >= 0.3 is 0 Å². The zero-order valence-corrected chi connectivity index (χ0v) is 21.1. The lowest BCUT2D eigenvalue weighted by Crippen LogP contribution is -2.53. The summed E-state index contributed by atoms with van der Waals surface area (Å²) in [6, 6.07) is 15.2. The van der Waals surface area contributed by atoms with Crippen LogP contribution in [-0.4, -0.2) is 61.0 Å². The van der Waals surface area contributed by atoms with Crippen molar-refractivity contribution in [1.82, 2.24) is 16.1 Å². The summed E-state index contributed by atoms with van der Waals surface area (Å²) < 4.78 is 5.32. The summed E-state index contributed by atoms with van der Waals surface area (Å²) in [5, 5.41) is 7.07. The number of epoxide rings is 1. The van der Waals surface area contributed by atoms with Crippen molar-refractivity contribution in [2.45, 2.75) is 56.4 Å². The van der Waals surface area contributed by atoms with E-state index >= 15 is 0 Å². The van der Waals surface area contributed by atoms with E-state index in [1.54, 1.807) is 5.01 Å². The molecule has 2 aliphatic heterocycles. The number of nitrogens with two attached hydrogens (primary N) is 2. The quantitative estimate of drug-likeness (QED) is 0.177. The molecule has 1 fully saturated rings. The number of anilines is 1. The second kappa shape index (κ2) is 12.5. The van der Waals surface area contributed by atoms with Gasteiger partial charge in [0.25, 0.3) is 17.7 Å². The average molecular weight is 523 g/mol. The van der Waals surface area contributed by atoms with Crippen molar-refractivity contribution in [1.29, 1.82) is 0 Å². The van der Waals surface area contributed by atoms with Gasteiger partial charge in [-0.2, -0.15) is 0 Å². The number of fused-ring (bicyclic) bond motifs is 1. The Kier molecular flexibility index (Phi) is 8.93. The molecule has 4 atom stereocenters. The van der Waals surface area contributed by atoms with Crippen LogP contribution >= 0.6 is 0 Å². The van der Waals surface area contributed by atoms with Crippen LogP contribution in [-0.2, 0) is 36.8 Å². The standard InChI is InChI=1S/C27H34N6O5/c28-14-7-6-11-19(25(35)32-33-15-13-18-10-4-5-12-21(18)33)30-26(36)22-23(38-22)27(37)31-20(24(29)34)16-17-8-2-1-3-9-17/h1-5,8-10,12,19-20,22-23H,6-7,11,13-16,28H2,(H2,29,34)(H,30,36)(H,31,37)(H,32,35)/t19-,20-,22?,23?/m0/s1. The number of nitrogens with zero attached hydrogens (tertiary/aromatic N) is 1. The summed E-state index contributed by atoms with van der Waals surface area (Å²) in [5.74, 6) is -2.23. The van der Waals surface area contributed by atoms with Crippen molar-refractivity contribution >= 4 is 29.3 Å². The molecule has 202 valence electrons. The Morgan fingerprint density at radius 1 is 0.921 bits per heavy atom. The Morgan fingerprint density at radius 3 is 2.26 bits per heavy atom. The molecule has 4 amide bonds. The smallest absolute Gasteiger partial charge is 0.261 e. The third kappa shape index (κ3) is 6.87. The molecule has 2 aromatic rings. The highest BCUT2D eigenvalue weighted by atomic mass is 16.6. The van der Waals surface area contributed by atoms with Crippen LogP contribution in [0.4, 0.5) is 5.69 Å². The number of amides is 4.